The van der Waals surface area contributed by atoms with Crippen LogP contribution in [0.25, 0.3) is 0 Å². The van der Waals surface area contributed by atoms with E-state index in [2.05, 4.69) is 15.5 Å². The van der Waals surface area contributed by atoms with Crippen LogP contribution >= 0.6 is 0 Å². The minimum atomic E-state index is -0.351. The molecule has 0 radical (unpaired) electrons. The molecule has 22 heavy (non-hydrogen) atoms. The first-order chi connectivity index (χ1) is 10.6. The number of amides is 1. The molecule has 6 nitrogen and oxygen atoms in total. The number of rotatable bonds is 4. The predicted molar refractivity (Wildman–Crippen MR) is 78.2 cm³/mol. The maximum absolute atomic E-state index is 13.3. The van der Waals surface area contributed by atoms with Gasteiger partial charge in [-0.3, -0.25) is 9.36 Å². The Morgan fingerprint density at radius 3 is 2.95 bits per heavy atom. The zero-order valence-corrected chi connectivity index (χ0v) is 12.6. The third-order valence-electron chi connectivity index (χ3n) is 3.82. The molecule has 0 aliphatic carbocycles. The fourth-order valence-electron chi connectivity index (χ4n) is 2.81. The molecule has 0 saturated carbocycles. The van der Waals surface area contributed by atoms with Gasteiger partial charge < -0.3 is 10.2 Å². The number of hydrogen-bond donors (Lipinski definition) is 1. The van der Waals surface area contributed by atoms with Crippen LogP contribution in [-0.4, -0.2) is 32.6 Å². The quantitative estimate of drug-likeness (QED) is 0.923. The van der Waals surface area contributed by atoms with Gasteiger partial charge in [-0.2, -0.15) is 0 Å². The Balaban J connectivity index is 1.85. The van der Waals surface area contributed by atoms with Gasteiger partial charge >= 0.3 is 0 Å². The largest absolute Gasteiger partial charge is 0.329 e. The zero-order valence-electron chi connectivity index (χ0n) is 12.6. The summed E-state index contributed by atoms with van der Waals surface area (Å²) in [6.45, 7) is 3.16. The summed E-state index contributed by atoms with van der Waals surface area (Å²) in [6, 6.07) is 5.95. The van der Waals surface area contributed by atoms with Crippen molar-refractivity contribution in [2.75, 3.05) is 7.05 Å². The van der Waals surface area contributed by atoms with Crippen LogP contribution in [-0.2, 0) is 24.4 Å². The van der Waals surface area contributed by atoms with E-state index in [1.807, 2.05) is 24.6 Å². The highest BCUT2D eigenvalue weighted by molar-refractivity contribution is 5.81. The molecule has 116 valence electrons. The summed E-state index contributed by atoms with van der Waals surface area (Å²) in [4.78, 5) is 14.3. The lowest BCUT2D eigenvalue weighted by Gasteiger charge is -2.32. The van der Waals surface area contributed by atoms with Gasteiger partial charge in [0.05, 0.1) is 13.1 Å². The molecule has 2 heterocycles. The standard InChI is InChI=1S/C15H18FN5O/c1-10-15(22)20(8-11-4-3-5-12(16)6-11)9-14-19-18-13(7-17-2)21(10)14/h3-6,10,17H,7-9H2,1-2H3/t10-/m0/s1. The van der Waals surface area contributed by atoms with Crippen molar-refractivity contribution < 1.29 is 9.18 Å². The van der Waals surface area contributed by atoms with E-state index >= 15 is 0 Å². The highest BCUT2D eigenvalue weighted by atomic mass is 19.1. The molecule has 2 aromatic rings. The molecule has 1 N–H and O–H groups in total. The third-order valence-corrected chi connectivity index (χ3v) is 3.82. The van der Waals surface area contributed by atoms with Crippen LogP contribution < -0.4 is 5.32 Å². The number of nitrogens with one attached hydrogen (secondary N) is 1. The molecule has 1 aromatic carbocycles. The van der Waals surface area contributed by atoms with Crippen molar-refractivity contribution in [1.29, 1.82) is 0 Å². The second-order valence-electron chi connectivity index (χ2n) is 5.43. The van der Waals surface area contributed by atoms with Gasteiger partial charge in [0.1, 0.15) is 17.7 Å². The number of halogens is 1. The minimum absolute atomic E-state index is 0.00563. The molecule has 0 bridgehead atoms. The molecule has 1 atom stereocenters. The zero-order chi connectivity index (χ0) is 15.7. The second kappa shape index (κ2) is 5.84. The molecule has 3 rings (SSSR count). The van der Waals surface area contributed by atoms with Crippen molar-refractivity contribution >= 4 is 5.91 Å². The summed E-state index contributed by atoms with van der Waals surface area (Å²) in [6.07, 6.45) is 0. The van der Waals surface area contributed by atoms with Crippen LogP contribution in [0.15, 0.2) is 24.3 Å². The summed E-state index contributed by atoms with van der Waals surface area (Å²) in [7, 11) is 1.83. The molecule has 1 aliphatic rings. The summed E-state index contributed by atoms with van der Waals surface area (Å²) in [5, 5.41) is 11.3. The van der Waals surface area contributed by atoms with Crippen molar-refractivity contribution in [2.24, 2.45) is 0 Å². The van der Waals surface area contributed by atoms with Crippen molar-refractivity contribution in [3.05, 3.63) is 47.3 Å². The molecule has 1 aliphatic heterocycles. The average Bonchev–Trinajstić information content (AvgIpc) is 2.88. The lowest BCUT2D eigenvalue weighted by atomic mass is 10.1. The lowest BCUT2D eigenvalue weighted by Crippen LogP contribution is -2.42. The summed E-state index contributed by atoms with van der Waals surface area (Å²) >= 11 is 0. The van der Waals surface area contributed by atoms with Crippen molar-refractivity contribution in [3.8, 4) is 0 Å². The van der Waals surface area contributed by atoms with E-state index in [1.54, 1.807) is 11.0 Å². The lowest BCUT2D eigenvalue weighted by molar-refractivity contribution is -0.137. The third kappa shape index (κ3) is 2.59. The van der Waals surface area contributed by atoms with Gasteiger partial charge in [-0.25, -0.2) is 4.39 Å². The van der Waals surface area contributed by atoms with Gasteiger partial charge in [-0.1, -0.05) is 12.1 Å². The molecular formula is C15H18FN5O. The van der Waals surface area contributed by atoms with Crippen LogP contribution in [0.3, 0.4) is 0 Å². The normalized spacial score (nSPS) is 17.7. The average molecular weight is 303 g/mol. The van der Waals surface area contributed by atoms with E-state index in [9.17, 15) is 9.18 Å². The monoisotopic (exact) mass is 303 g/mol. The van der Waals surface area contributed by atoms with Crippen LogP contribution in [0.1, 0.15) is 30.2 Å². The maximum atomic E-state index is 13.3. The first-order valence-corrected chi connectivity index (χ1v) is 7.20. The highest BCUT2D eigenvalue weighted by Crippen LogP contribution is 2.24. The van der Waals surface area contributed by atoms with Crippen molar-refractivity contribution in [1.82, 2.24) is 25.0 Å². The van der Waals surface area contributed by atoms with Crippen molar-refractivity contribution in [3.63, 3.8) is 0 Å². The van der Waals surface area contributed by atoms with Crippen LogP contribution in [0.4, 0.5) is 4.39 Å². The van der Waals surface area contributed by atoms with E-state index in [0.29, 0.717) is 19.6 Å². The van der Waals surface area contributed by atoms with E-state index in [1.165, 1.54) is 12.1 Å². The SMILES string of the molecule is CNCc1nnc2n1[C@@H](C)C(=O)N(Cc1cccc(F)c1)C2. The van der Waals surface area contributed by atoms with E-state index < -0.39 is 0 Å². The summed E-state index contributed by atoms with van der Waals surface area (Å²) in [5.74, 6) is 1.21. The fourth-order valence-corrected chi connectivity index (χ4v) is 2.81. The van der Waals surface area contributed by atoms with Gasteiger partial charge in [0.2, 0.25) is 5.91 Å². The number of nitrogens with zero attached hydrogens (tertiary/aromatic N) is 4. The molecule has 7 heteroatoms. The van der Waals surface area contributed by atoms with E-state index in [4.69, 9.17) is 0 Å². The fraction of sp³-hybridized carbons (Fsp3) is 0.400. The Hall–Kier alpha value is -2.28. The summed E-state index contributed by atoms with van der Waals surface area (Å²) in [5.41, 5.74) is 0.768. The first-order valence-electron chi connectivity index (χ1n) is 7.20. The van der Waals surface area contributed by atoms with Crippen LogP contribution in [0, 0.1) is 5.82 Å². The Kier molecular flexibility index (Phi) is 3.89. The van der Waals surface area contributed by atoms with Crippen molar-refractivity contribution in [2.45, 2.75) is 32.6 Å². The second-order valence-corrected chi connectivity index (χ2v) is 5.43. The number of hydrogen-bond acceptors (Lipinski definition) is 4. The topological polar surface area (TPSA) is 63.1 Å². The van der Waals surface area contributed by atoms with Gasteiger partial charge in [0.25, 0.3) is 0 Å². The van der Waals surface area contributed by atoms with Crippen LogP contribution in [0.2, 0.25) is 0 Å². The maximum Gasteiger partial charge on any atom is 0.246 e. The Morgan fingerprint density at radius 1 is 1.41 bits per heavy atom. The molecule has 0 unspecified atom stereocenters. The molecule has 1 amide bonds. The minimum Gasteiger partial charge on any atom is -0.329 e. The molecule has 0 fully saturated rings. The van der Waals surface area contributed by atoms with Gasteiger partial charge in [0.15, 0.2) is 5.82 Å². The number of benzene rings is 1. The summed E-state index contributed by atoms with van der Waals surface area (Å²) < 4.78 is 15.2. The molecule has 0 spiro atoms. The Bertz CT molecular complexity index is 699. The van der Waals surface area contributed by atoms with Gasteiger partial charge in [-0.05, 0) is 31.7 Å². The molecular weight excluding hydrogens is 285 g/mol. The molecule has 0 saturated heterocycles. The number of fused-ring (bicyclic) bond motifs is 1. The first kappa shape index (κ1) is 14.6. The smallest absolute Gasteiger partial charge is 0.246 e. The van der Waals surface area contributed by atoms with Gasteiger partial charge in [-0.15, -0.1) is 10.2 Å². The van der Waals surface area contributed by atoms with Gasteiger partial charge in [0, 0.05) is 6.54 Å². The Labute approximate surface area is 128 Å². The van der Waals surface area contributed by atoms with E-state index in [-0.39, 0.29) is 17.8 Å². The number of aromatic nitrogens is 3. The number of carbonyl (C=O) groups is 1. The Morgan fingerprint density at radius 2 is 2.23 bits per heavy atom. The van der Waals surface area contributed by atoms with E-state index in [0.717, 1.165) is 17.2 Å². The predicted octanol–water partition coefficient (Wildman–Crippen LogP) is 1.24. The molecule has 1 aromatic heterocycles. The highest BCUT2D eigenvalue weighted by Gasteiger charge is 2.32. The van der Waals surface area contributed by atoms with Crippen LogP contribution in [0.5, 0.6) is 0 Å². The number of carbonyl (C=O) groups excluding carboxylic acids is 1.